The average molecular weight is 564 g/mol. The van der Waals surface area contributed by atoms with E-state index in [0.717, 1.165) is 6.07 Å². The van der Waals surface area contributed by atoms with Crippen LogP contribution in [0.2, 0.25) is 0 Å². The molecule has 14 nitrogen and oxygen atoms in total. The van der Waals surface area contributed by atoms with Crippen LogP contribution in [-0.4, -0.2) is 103 Å². The molecule has 0 unspecified atom stereocenters. The summed E-state index contributed by atoms with van der Waals surface area (Å²) >= 11 is 0. The van der Waals surface area contributed by atoms with E-state index in [-0.39, 0.29) is 33.8 Å². The predicted octanol–water partition coefficient (Wildman–Crippen LogP) is -1.10. The van der Waals surface area contributed by atoms with E-state index in [2.05, 4.69) is 0 Å². The largest absolute Gasteiger partial charge is 0.508 e. The molecule has 0 amide bonds. The standard InChI is InChI=1S/C26H28O14/c1-9-17(30)20(33)22(35)25(36-9)37-12-6-13(29)16-14(7-12)38-23(10-2-4-11(28)5-3-10)24(19(16)32)40-26-21(34)18(31)15(8-27)39-26/h2-7,9,15,17-18,20-22,25-31,33-35H,8H2,1H3/t9-,15-,17+,18+,20+,21+,22+,25-,26-/m0/s1. The fraction of sp³-hybridized carbons (Fsp3) is 0.423. The highest BCUT2D eigenvalue weighted by atomic mass is 16.7. The first kappa shape index (κ1) is 28.1. The van der Waals surface area contributed by atoms with Gasteiger partial charge in [0.15, 0.2) is 5.76 Å². The zero-order valence-corrected chi connectivity index (χ0v) is 20.9. The zero-order valence-electron chi connectivity index (χ0n) is 20.9. The third-order valence-corrected chi connectivity index (χ3v) is 6.83. The molecule has 8 N–H and O–H groups in total. The number of hydrogen-bond acceptors (Lipinski definition) is 14. The quantitative estimate of drug-likeness (QED) is 0.178. The van der Waals surface area contributed by atoms with Crippen LogP contribution in [-0.2, 0) is 9.47 Å². The maximum atomic E-state index is 13.6. The molecule has 3 aromatic rings. The van der Waals surface area contributed by atoms with Gasteiger partial charge in [-0.3, -0.25) is 4.79 Å². The van der Waals surface area contributed by atoms with Gasteiger partial charge in [0.1, 0.15) is 64.8 Å². The monoisotopic (exact) mass is 564 g/mol. The molecular weight excluding hydrogens is 536 g/mol. The van der Waals surface area contributed by atoms with Crippen LogP contribution in [0.3, 0.4) is 0 Å². The second kappa shape index (κ2) is 10.8. The SMILES string of the molecule is C[C@@H]1O[C@@H](Oc2cc(O)c3c(=O)c(O[C@@H]4O[C@@H](CO)[C@@H](O)[C@H]4O)c(-c4ccc(O)cc4)oc3c2)[C@H](O)[C@H](O)[C@@H]1O. The number of benzene rings is 2. The molecule has 0 spiro atoms. The molecule has 2 saturated heterocycles. The highest BCUT2D eigenvalue weighted by molar-refractivity contribution is 5.88. The number of aliphatic hydroxyl groups excluding tert-OH is 6. The van der Waals surface area contributed by atoms with Crippen LogP contribution in [0.4, 0.5) is 0 Å². The summed E-state index contributed by atoms with van der Waals surface area (Å²) in [6.07, 6.45) is -12.8. The molecule has 1 aromatic heterocycles. The molecule has 2 aromatic carbocycles. The Kier molecular flexibility index (Phi) is 7.60. The molecule has 0 bridgehead atoms. The summed E-state index contributed by atoms with van der Waals surface area (Å²) in [5, 5.41) is 80.2. The Morgan fingerprint density at radius 3 is 2.12 bits per heavy atom. The van der Waals surface area contributed by atoms with Crippen molar-refractivity contribution < 1.29 is 64.2 Å². The smallest absolute Gasteiger partial charge is 0.239 e. The van der Waals surface area contributed by atoms with E-state index in [1.165, 1.54) is 37.3 Å². The summed E-state index contributed by atoms with van der Waals surface area (Å²) in [7, 11) is 0. The van der Waals surface area contributed by atoms with Crippen molar-refractivity contribution in [3.05, 3.63) is 46.6 Å². The molecule has 0 aliphatic carbocycles. The molecule has 40 heavy (non-hydrogen) atoms. The zero-order chi connectivity index (χ0) is 28.9. The highest BCUT2D eigenvalue weighted by Crippen LogP contribution is 2.38. The lowest BCUT2D eigenvalue weighted by Crippen LogP contribution is -2.58. The molecule has 0 saturated carbocycles. The van der Waals surface area contributed by atoms with E-state index in [9.17, 15) is 45.6 Å². The van der Waals surface area contributed by atoms with Crippen molar-refractivity contribution in [1.29, 1.82) is 0 Å². The van der Waals surface area contributed by atoms with Crippen molar-refractivity contribution in [2.24, 2.45) is 0 Å². The van der Waals surface area contributed by atoms with Gasteiger partial charge in [0, 0.05) is 17.7 Å². The molecule has 216 valence electrons. The number of aliphatic hydroxyl groups is 6. The van der Waals surface area contributed by atoms with E-state index in [1.807, 2.05) is 0 Å². The van der Waals surface area contributed by atoms with Crippen LogP contribution in [0, 0.1) is 0 Å². The molecule has 3 heterocycles. The highest BCUT2D eigenvalue weighted by Gasteiger charge is 2.45. The normalized spacial score (nSPS) is 32.3. The van der Waals surface area contributed by atoms with Gasteiger partial charge in [-0.05, 0) is 31.2 Å². The van der Waals surface area contributed by atoms with E-state index in [1.54, 1.807) is 0 Å². The molecule has 5 rings (SSSR count). The van der Waals surface area contributed by atoms with Gasteiger partial charge >= 0.3 is 0 Å². The first-order valence-corrected chi connectivity index (χ1v) is 12.3. The van der Waals surface area contributed by atoms with E-state index < -0.39 is 78.8 Å². The number of ether oxygens (including phenoxy) is 4. The van der Waals surface area contributed by atoms with Crippen molar-refractivity contribution >= 4 is 11.0 Å². The summed E-state index contributed by atoms with van der Waals surface area (Å²) in [4.78, 5) is 13.6. The number of fused-ring (bicyclic) bond motifs is 1. The Hall–Kier alpha value is -3.47. The van der Waals surface area contributed by atoms with Crippen LogP contribution in [0.1, 0.15) is 6.92 Å². The first-order valence-electron chi connectivity index (χ1n) is 12.3. The first-order chi connectivity index (χ1) is 19.0. The summed E-state index contributed by atoms with van der Waals surface area (Å²) in [6.45, 7) is 0.832. The average Bonchev–Trinajstić information content (AvgIpc) is 3.20. The third kappa shape index (κ3) is 4.95. The topological polar surface area (TPSA) is 229 Å². The van der Waals surface area contributed by atoms with Crippen LogP contribution < -0.4 is 14.9 Å². The summed E-state index contributed by atoms with van der Waals surface area (Å²) in [5.74, 6) is -1.54. The van der Waals surface area contributed by atoms with Gasteiger partial charge in [0.2, 0.25) is 23.8 Å². The van der Waals surface area contributed by atoms with Crippen LogP contribution in [0.25, 0.3) is 22.3 Å². The Balaban J connectivity index is 1.58. The van der Waals surface area contributed by atoms with Gasteiger partial charge in [-0.1, -0.05) is 0 Å². The molecule has 14 heteroatoms. The van der Waals surface area contributed by atoms with Gasteiger partial charge in [-0.2, -0.15) is 0 Å². The van der Waals surface area contributed by atoms with Gasteiger partial charge in [0.05, 0.1) is 12.7 Å². The molecular formula is C26H28O14. The fourth-order valence-electron chi connectivity index (χ4n) is 4.56. The van der Waals surface area contributed by atoms with Crippen LogP contribution in [0.5, 0.6) is 23.0 Å². The van der Waals surface area contributed by atoms with E-state index >= 15 is 0 Å². The van der Waals surface area contributed by atoms with Gasteiger partial charge in [-0.25, -0.2) is 0 Å². The van der Waals surface area contributed by atoms with Crippen molar-refractivity contribution in [2.75, 3.05) is 6.61 Å². The van der Waals surface area contributed by atoms with E-state index in [0.29, 0.717) is 0 Å². The maximum absolute atomic E-state index is 13.6. The number of hydrogen-bond donors (Lipinski definition) is 8. The summed E-state index contributed by atoms with van der Waals surface area (Å²) in [5.41, 5.74) is -0.857. The molecule has 2 fully saturated rings. The van der Waals surface area contributed by atoms with Crippen molar-refractivity contribution in [1.82, 2.24) is 0 Å². The number of phenolic OH excluding ortho intramolecular Hbond substituents is 2. The van der Waals surface area contributed by atoms with Gasteiger partial charge in [0.25, 0.3) is 0 Å². The maximum Gasteiger partial charge on any atom is 0.239 e. The summed E-state index contributed by atoms with van der Waals surface area (Å²) < 4.78 is 27.9. The molecule has 9 atom stereocenters. The fourth-order valence-corrected chi connectivity index (χ4v) is 4.56. The third-order valence-electron chi connectivity index (χ3n) is 6.83. The minimum absolute atomic E-state index is 0.0845. The second-order valence-corrected chi connectivity index (χ2v) is 9.58. The number of aromatic hydroxyl groups is 2. The minimum atomic E-state index is -1.64. The van der Waals surface area contributed by atoms with Crippen LogP contribution in [0.15, 0.2) is 45.6 Å². The molecule has 0 radical (unpaired) electrons. The Morgan fingerprint density at radius 2 is 1.48 bits per heavy atom. The minimum Gasteiger partial charge on any atom is -0.508 e. The lowest BCUT2D eigenvalue weighted by atomic mass is 10.00. The second-order valence-electron chi connectivity index (χ2n) is 9.58. The van der Waals surface area contributed by atoms with Gasteiger partial charge in [-0.15, -0.1) is 0 Å². The van der Waals surface area contributed by atoms with Crippen molar-refractivity contribution in [3.8, 4) is 34.3 Å². The Bertz CT molecular complexity index is 1420. The number of phenols is 2. The van der Waals surface area contributed by atoms with Crippen LogP contribution >= 0.6 is 0 Å². The summed E-state index contributed by atoms with van der Waals surface area (Å²) in [6, 6.07) is 7.70. The lowest BCUT2D eigenvalue weighted by molar-refractivity contribution is -0.268. The predicted molar refractivity (Wildman–Crippen MR) is 133 cm³/mol. The number of rotatable bonds is 6. The van der Waals surface area contributed by atoms with Crippen molar-refractivity contribution in [2.45, 2.75) is 62.2 Å². The Morgan fingerprint density at radius 1 is 0.825 bits per heavy atom. The molecule has 2 aliphatic rings. The van der Waals surface area contributed by atoms with Gasteiger partial charge < -0.3 is 64.2 Å². The van der Waals surface area contributed by atoms with E-state index in [4.69, 9.17) is 23.4 Å². The van der Waals surface area contributed by atoms with Crippen molar-refractivity contribution in [3.63, 3.8) is 0 Å². The lowest BCUT2D eigenvalue weighted by Gasteiger charge is -2.38. The molecule has 2 aliphatic heterocycles. The Labute approximate surface area is 225 Å².